The van der Waals surface area contributed by atoms with Gasteiger partial charge in [0.05, 0.1) is 11.3 Å². The van der Waals surface area contributed by atoms with Crippen molar-refractivity contribution in [2.75, 3.05) is 28.2 Å². The number of amides is 4. The van der Waals surface area contributed by atoms with Gasteiger partial charge in [-0.05, 0) is 62.4 Å². The Morgan fingerprint density at radius 1 is 0.892 bits per heavy atom. The van der Waals surface area contributed by atoms with Crippen LogP contribution < -0.4 is 20.4 Å². The summed E-state index contributed by atoms with van der Waals surface area (Å²) in [6.45, 7) is 4.39. The molecule has 2 N–H and O–H groups in total. The lowest BCUT2D eigenvalue weighted by Crippen LogP contribution is -2.71. The first-order valence-corrected chi connectivity index (χ1v) is 11.6. The van der Waals surface area contributed by atoms with Crippen LogP contribution >= 0.6 is 0 Å². The number of carbonyl (C=O) groups excluding carboxylic acids is 2. The molecule has 190 valence electrons. The number of hydrogen-bond acceptors (Lipinski definition) is 3. The molecule has 0 bridgehead atoms. The minimum Gasteiger partial charge on any atom is -0.311 e. The van der Waals surface area contributed by atoms with Crippen LogP contribution in [0.4, 0.5) is 39.8 Å². The van der Waals surface area contributed by atoms with E-state index in [2.05, 4.69) is 15.6 Å². The Hall–Kier alpha value is -4.18. The zero-order valence-electron chi connectivity index (χ0n) is 20.1. The molecule has 2 fully saturated rings. The van der Waals surface area contributed by atoms with Crippen molar-refractivity contribution in [3.63, 3.8) is 0 Å². The van der Waals surface area contributed by atoms with Gasteiger partial charge in [-0.25, -0.2) is 14.5 Å². The first-order chi connectivity index (χ1) is 17.6. The number of aryl methyl sites for hydroxylation is 2. The number of rotatable bonds is 3. The summed E-state index contributed by atoms with van der Waals surface area (Å²) in [6.07, 6.45) is -4.50. The summed E-state index contributed by atoms with van der Waals surface area (Å²) in [5.41, 5.74) is 1.47. The minimum atomic E-state index is -4.50. The van der Waals surface area contributed by atoms with Crippen molar-refractivity contribution in [3.8, 4) is 0 Å². The number of benzene rings is 3. The quantitative estimate of drug-likeness (QED) is 0.475. The number of alkyl halides is 3. The molecule has 0 radical (unpaired) electrons. The van der Waals surface area contributed by atoms with E-state index in [1.54, 1.807) is 24.3 Å². The lowest BCUT2D eigenvalue weighted by molar-refractivity contribution is -0.137. The first-order valence-electron chi connectivity index (χ1n) is 11.6. The van der Waals surface area contributed by atoms with E-state index in [1.807, 2.05) is 38.1 Å². The highest BCUT2D eigenvalue weighted by Crippen LogP contribution is 2.40. The van der Waals surface area contributed by atoms with Gasteiger partial charge in [-0.3, -0.25) is 4.90 Å². The molecular formula is C27H24F3N5O2. The highest BCUT2D eigenvalue weighted by atomic mass is 19.4. The van der Waals surface area contributed by atoms with Crippen LogP contribution in [-0.2, 0) is 6.18 Å². The fourth-order valence-corrected chi connectivity index (χ4v) is 4.48. The van der Waals surface area contributed by atoms with Crippen LogP contribution in [0.2, 0.25) is 0 Å². The molecule has 4 amide bonds. The number of aliphatic imine (C=N–C) groups is 1. The van der Waals surface area contributed by atoms with Gasteiger partial charge in [-0.1, -0.05) is 35.4 Å². The third-order valence-corrected chi connectivity index (χ3v) is 6.53. The van der Waals surface area contributed by atoms with E-state index in [0.29, 0.717) is 11.4 Å². The highest BCUT2D eigenvalue weighted by molar-refractivity contribution is 6.34. The molecule has 2 aliphatic rings. The molecule has 0 unspecified atom stereocenters. The zero-order valence-corrected chi connectivity index (χ0v) is 20.1. The summed E-state index contributed by atoms with van der Waals surface area (Å²) in [7, 11) is 0. The Balaban J connectivity index is 1.58. The number of urea groups is 2. The fraction of sp³-hybridized carbons (Fsp3) is 0.222. The second kappa shape index (κ2) is 9.04. The van der Waals surface area contributed by atoms with Gasteiger partial charge >= 0.3 is 18.2 Å². The van der Waals surface area contributed by atoms with Gasteiger partial charge in [0.25, 0.3) is 0 Å². The summed E-state index contributed by atoms with van der Waals surface area (Å²) in [5, 5.41) is 5.86. The van der Waals surface area contributed by atoms with Crippen molar-refractivity contribution >= 4 is 35.0 Å². The third kappa shape index (κ3) is 4.44. The lowest BCUT2D eigenvalue weighted by Gasteiger charge is -2.44. The Kier molecular flexibility index (Phi) is 5.99. The molecular weight excluding hydrogens is 483 g/mol. The molecule has 10 heteroatoms. The molecule has 0 atom stereocenters. The van der Waals surface area contributed by atoms with E-state index < -0.39 is 29.3 Å². The Labute approximate surface area is 211 Å². The van der Waals surface area contributed by atoms with Crippen LogP contribution in [0, 0.1) is 13.8 Å². The summed E-state index contributed by atoms with van der Waals surface area (Å²) in [6, 6.07) is 17.6. The largest absolute Gasteiger partial charge is 0.416 e. The molecule has 0 aliphatic carbocycles. The van der Waals surface area contributed by atoms with E-state index in [4.69, 9.17) is 0 Å². The third-order valence-electron chi connectivity index (χ3n) is 6.53. The SMILES string of the molecule is Cc1ccc(NC(=O)N=C2N(c3ccc(C)cc3)C(=O)N(c3ccc(C(F)(F)F)cc3)C23CNC3)cc1. The van der Waals surface area contributed by atoms with E-state index in [1.165, 1.54) is 21.9 Å². The number of hydrogen-bond donors (Lipinski definition) is 2. The van der Waals surface area contributed by atoms with Crippen molar-refractivity contribution in [3.05, 3.63) is 89.5 Å². The maximum Gasteiger partial charge on any atom is 0.416 e. The molecule has 2 heterocycles. The number of anilines is 3. The number of amidine groups is 1. The average molecular weight is 508 g/mol. The summed E-state index contributed by atoms with van der Waals surface area (Å²) < 4.78 is 39.5. The molecule has 3 aromatic carbocycles. The Bertz CT molecular complexity index is 1360. The lowest BCUT2D eigenvalue weighted by atomic mass is 9.89. The maximum absolute atomic E-state index is 13.9. The van der Waals surface area contributed by atoms with Crippen molar-refractivity contribution in [1.82, 2.24) is 5.32 Å². The molecule has 0 aromatic heterocycles. The summed E-state index contributed by atoms with van der Waals surface area (Å²) >= 11 is 0. The number of carbonyl (C=O) groups is 2. The Morgan fingerprint density at radius 2 is 1.43 bits per heavy atom. The predicted octanol–water partition coefficient (Wildman–Crippen LogP) is 5.74. The first kappa shape index (κ1) is 24.5. The minimum absolute atomic E-state index is 0.199. The normalized spacial score (nSPS) is 17.9. The van der Waals surface area contributed by atoms with Gasteiger partial charge < -0.3 is 10.6 Å². The molecule has 2 aliphatic heterocycles. The molecule has 3 aromatic rings. The molecule has 1 spiro atoms. The van der Waals surface area contributed by atoms with Gasteiger partial charge in [0.1, 0.15) is 5.54 Å². The number of nitrogens with zero attached hydrogens (tertiary/aromatic N) is 3. The van der Waals surface area contributed by atoms with E-state index in [0.717, 1.165) is 23.3 Å². The van der Waals surface area contributed by atoms with Crippen LogP contribution in [0.15, 0.2) is 77.8 Å². The second-order valence-electron chi connectivity index (χ2n) is 9.20. The average Bonchev–Trinajstić information content (AvgIpc) is 3.09. The zero-order chi connectivity index (χ0) is 26.4. The van der Waals surface area contributed by atoms with Gasteiger partial charge in [0.15, 0.2) is 5.84 Å². The molecule has 5 rings (SSSR count). The van der Waals surface area contributed by atoms with Gasteiger partial charge in [-0.15, -0.1) is 0 Å². The monoisotopic (exact) mass is 507 g/mol. The smallest absolute Gasteiger partial charge is 0.311 e. The predicted molar refractivity (Wildman–Crippen MR) is 136 cm³/mol. The Morgan fingerprint density at radius 3 is 1.95 bits per heavy atom. The highest BCUT2D eigenvalue weighted by Gasteiger charge is 2.60. The van der Waals surface area contributed by atoms with Crippen molar-refractivity contribution in [2.45, 2.75) is 25.6 Å². The van der Waals surface area contributed by atoms with Crippen LogP contribution in [0.25, 0.3) is 0 Å². The molecule has 2 saturated heterocycles. The van der Waals surface area contributed by atoms with E-state index in [-0.39, 0.29) is 24.6 Å². The summed E-state index contributed by atoms with van der Waals surface area (Å²) in [4.78, 5) is 34.0. The van der Waals surface area contributed by atoms with Crippen molar-refractivity contribution in [1.29, 1.82) is 0 Å². The van der Waals surface area contributed by atoms with Crippen LogP contribution in [0.1, 0.15) is 16.7 Å². The van der Waals surface area contributed by atoms with E-state index in [9.17, 15) is 22.8 Å². The molecule has 7 nitrogen and oxygen atoms in total. The summed E-state index contributed by atoms with van der Waals surface area (Å²) in [5.74, 6) is 0.199. The molecule has 37 heavy (non-hydrogen) atoms. The topological polar surface area (TPSA) is 77.0 Å². The standard InChI is InChI=1S/C27H24F3N5O2/c1-17-3-9-20(10-4-17)32-24(36)33-23-26(15-31-16-26)35(22-13-7-19(8-14-22)27(28,29)30)25(37)34(23)21-11-5-18(2)6-12-21/h3-14,31H,15-16H2,1-2H3,(H,32,36). The fourth-order valence-electron chi connectivity index (χ4n) is 4.48. The van der Waals surface area contributed by atoms with Crippen LogP contribution in [-0.4, -0.2) is 36.5 Å². The molecule has 0 saturated carbocycles. The number of nitrogens with one attached hydrogen (secondary N) is 2. The van der Waals surface area contributed by atoms with Gasteiger partial charge in [-0.2, -0.15) is 18.2 Å². The van der Waals surface area contributed by atoms with Gasteiger partial charge in [0, 0.05) is 24.5 Å². The van der Waals surface area contributed by atoms with Crippen LogP contribution in [0.5, 0.6) is 0 Å². The maximum atomic E-state index is 13.9. The number of halogens is 3. The van der Waals surface area contributed by atoms with Crippen LogP contribution in [0.3, 0.4) is 0 Å². The van der Waals surface area contributed by atoms with Gasteiger partial charge in [0.2, 0.25) is 0 Å². The van der Waals surface area contributed by atoms with E-state index >= 15 is 0 Å². The second-order valence-corrected chi connectivity index (χ2v) is 9.20. The van der Waals surface area contributed by atoms with Crippen molar-refractivity contribution in [2.24, 2.45) is 4.99 Å². The van der Waals surface area contributed by atoms with Crippen molar-refractivity contribution < 1.29 is 22.8 Å².